The molecule has 14 nitrogen and oxygen atoms in total. The molecule has 0 saturated carbocycles. The predicted molar refractivity (Wildman–Crippen MR) is 258 cm³/mol. The lowest BCUT2D eigenvalue weighted by Gasteiger charge is -2.46. The third kappa shape index (κ3) is 25.7. The molecule has 0 radical (unpaired) electrons. The molecule has 9 N–H and O–H groups in total. The molecule has 1 amide bonds. The van der Waals surface area contributed by atoms with Crippen molar-refractivity contribution in [1.82, 2.24) is 5.32 Å². The summed E-state index contributed by atoms with van der Waals surface area (Å²) >= 11 is 0. The number of amides is 1. The number of unbranched alkanes of at least 4 members (excludes halogenated alkanes) is 23. The molecule has 0 aromatic carbocycles. The fraction of sp³-hybridized carbons (Fsp3) is 0.865. The summed E-state index contributed by atoms with van der Waals surface area (Å²) in [7, 11) is 0. The molecule has 12 unspecified atom stereocenters. The highest BCUT2D eigenvalue weighted by Crippen LogP contribution is 2.30. The Balaban J connectivity index is 1.84. The number of hydrogen-bond donors (Lipinski definition) is 9. The van der Waals surface area contributed by atoms with Crippen LogP contribution in [0.15, 0.2) is 36.5 Å². The van der Waals surface area contributed by atoms with Crippen molar-refractivity contribution in [1.29, 1.82) is 0 Å². The number of aliphatic hydroxyl groups is 8. The van der Waals surface area contributed by atoms with Crippen molar-refractivity contribution in [3.63, 3.8) is 0 Å². The molecule has 0 aromatic heterocycles. The van der Waals surface area contributed by atoms with Crippen molar-refractivity contribution in [2.45, 2.75) is 267 Å². The van der Waals surface area contributed by atoms with E-state index < -0.39 is 86.8 Å². The van der Waals surface area contributed by atoms with E-state index in [1.807, 2.05) is 6.08 Å². The smallest absolute Gasteiger partial charge is 0.220 e. The van der Waals surface area contributed by atoms with Gasteiger partial charge in [-0.1, -0.05) is 179 Å². The SMILES string of the molecule is CCCCCC/C=C/CC/C=C/CC/C=C/C(O)C(COC1OC(CO)C(OC2OC(CO)C(O)C(O)C2O)C(O)C1O)NC(=O)CCCCCCCCCCCCCCCCCCCC. The summed E-state index contributed by atoms with van der Waals surface area (Å²) in [4.78, 5) is 13.2. The van der Waals surface area contributed by atoms with Crippen LogP contribution < -0.4 is 5.32 Å². The van der Waals surface area contributed by atoms with Crippen molar-refractivity contribution >= 4 is 5.91 Å². The third-order valence-corrected chi connectivity index (χ3v) is 12.8. The Morgan fingerprint density at radius 3 is 1.48 bits per heavy atom. The van der Waals surface area contributed by atoms with Gasteiger partial charge < -0.3 is 65.1 Å². The summed E-state index contributed by atoms with van der Waals surface area (Å²) in [5, 5.41) is 86.7. The first-order chi connectivity index (χ1) is 32.1. The van der Waals surface area contributed by atoms with Gasteiger partial charge in [-0.2, -0.15) is 0 Å². The van der Waals surface area contributed by atoms with E-state index in [0.717, 1.165) is 44.9 Å². The van der Waals surface area contributed by atoms with Gasteiger partial charge in [-0.05, 0) is 44.9 Å². The maximum atomic E-state index is 13.2. The van der Waals surface area contributed by atoms with Crippen molar-refractivity contribution in [2.75, 3.05) is 19.8 Å². The molecule has 0 spiro atoms. The van der Waals surface area contributed by atoms with Gasteiger partial charge in [-0.25, -0.2) is 0 Å². The number of ether oxygens (including phenoxy) is 4. The molecule has 2 rings (SSSR count). The van der Waals surface area contributed by atoms with Crippen molar-refractivity contribution in [3.8, 4) is 0 Å². The van der Waals surface area contributed by atoms with Gasteiger partial charge >= 0.3 is 0 Å². The molecule has 0 aromatic rings. The van der Waals surface area contributed by atoms with E-state index in [9.17, 15) is 45.6 Å². The molecule has 2 heterocycles. The van der Waals surface area contributed by atoms with Crippen LogP contribution in [0.2, 0.25) is 0 Å². The topological polar surface area (TPSA) is 228 Å². The number of carbonyl (C=O) groups excluding carboxylic acids is 1. The zero-order valence-electron chi connectivity index (χ0n) is 40.9. The lowest BCUT2D eigenvalue weighted by atomic mass is 9.97. The van der Waals surface area contributed by atoms with Crippen molar-refractivity contribution < 1.29 is 64.6 Å². The van der Waals surface area contributed by atoms with E-state index in [-0.39, 0.29) is 18.9 Å². The number of hydrogen-bond acceptors (Lipinski definition) is 13. The first-order valence-electron chi connectivity index (χ1n) is 26.2. The lowest BCUT2D eigenvalue weighted by molar-refractivity contribution is -0.359. The predicted octanol–water partition coefficient (Wildman–Crippen LogP) is 7.10. The van der Waals surface area contributed by atoms with Gasteiger partial charge in [0.05, 0.1) is 32.0 Å². The second-order valence-corrected chi connectivity index (χ2v) is 18.6. The van der Waals surface area contributed by atoms with E-state index in [4.69, 9.17) is 18.9 Å². The Bertz CT molecular complexity index is 1250. The fourth-order valence-electron chi connectivity index (χ4n) is 8.50. The average molecular weight is 942 g/mol. The average Bonchev–Trinajstić information content (AvgIpc) is 3.31. The minimum atomic E-state index is -1.79. The standard InChI is InChI=1S/C52H95NO13/c1-3-5-7-9-11-13-15-17-19-20-21-22-24-26-28-30-32-34-36-44(57)53-40(41(56)35-33-31-29-27-25-23-18-16-14-12-10-8-6-4-2)39-63-51-49(62)47(60)50(43(38-55)65-51)66-52-48(61)46(59)45(58)42(37-54)64-52/h14,16,25,27,33,35,40-43,45-52,54-56,58-62H,3-13,15,17-24,26,28-32,34,36-39H2,1-2H3,(H,53,57)/b16-14+,27-25+,35-33+. The van der Waals surface area contributed by atoms with E-state index >= 15 is 0 Å². The molecule has 0 aliphatic carbocycles. The highest BCUT2D eigenvalue weighted by atomic mass is 16.7. The molecule has 2 aliphatic rings. The molecule has 12 atom stereocenters. The molecule has 386 valence electrons. The molecule has 2 fully saturated rings. The number of rotatable bonds is 40. The first kappa shape index (κ1) is 60.3. The third-order valence-electron chi connectivity index (χ3n) is 12.8. The van der Waals surface area contributed by atoms with Gasteiger partial charge in [0.1, 0.15) is 48.8 Å². The summed E-state index contributed by atoms with van der Waals surface area (Å²) < 4.78 is 22.7. The summed E-state index contributed by atoms with van der Waals surface area (Å²) in [6.07, 6.45) is 27.6. The van der Waals surface area contributed by atoms with Crippen LogP contribution in [-0.4, -0.2) is 140 Å². The zero-order chi connectivity index (χ0) is 48.2. The van der Waals surface area contributed by atoms with Crippen LogP contribution in [0.3, 0.4) is 0 Å². The highest BCUT2D eigenvalue weighted by molar-refractivity contribution is 5.76. The quantitative estimate of drug-likeness (QED) is 0.0221. The Hall–Kier alpha value is -1.79. The largest absolute Gasteiger partial charge is 0.394 e. The summed E-state index contributed by atoms with van der Waals surface area (Å²) in [6, 6.07) is -0.933. The summed E-state index contributed by atoms with van der Waals surface area (Å²) in [6.45, 7) is 2.74. The molecular formula is C52H95NO13. The summed E-state index contributed by atoms with van der Waals surface area (Å²) in [5.41, 5.74) is 0. The van der Waals surface area contributed by atoms with Crippen LogP contribution in [0.1, 0.15) is 194 Å². The molecule has 2 aliphatic heterocycles. The van der Waals surface area contributed by atoms with Gasteiger partial charge in [0, 0.05) is 6.42 Å². The van der Waals surface area contributed by atoms with Gasteiger partial charge in [-0.15, -0.1) is 0 Å². The second-order valence-electron chi connectivity index (χ2n) is 18.6. The molecule has 66 heavy (non-hydrogen) atoms. The van der Waals surface area contributed by atoms with Crippen LogP contribution in [0.5, 0.6) is 0 Å². The maximum Gasteiger partial charge on any atom is 0.220 e. The Labute approximate surface area is 398 Å². The monoisotopic (exact) mass is 942 g/mol. The van der Waals surface area contributed by atoms with Crippen LogP contribution in [0.25, 0.3) is 0 Å². The maximum absolute atomic E-state index is 13.2. The lowest BCUT2D eigenvalue weighted by Crippen LogP contribution is -2.65. The van der Waals surface area contributed by atoms with E-state index in [1.165, 1.54) is 116 Å². The van der Waals surface area contributed by atoms with E-state index in [0.29, 0.717) is 12.8 Å². The molecule has 14 heteroatoms. The van der Waals surface area contributed by atoms with Crippen LogP contribution in [0.4, 0.5) is 0 Å². The Morgan fingerprint density at radius 2 is 0.970 bits per heavy atom. The Morgan fingerprint density at radius 1 is 0.530 bits per heavy atom. The minimum Gasteiger partial charge on any atom is -0.394 e. The van der Waals surface area contributed by atoms with Gasteiger partial charge in [-0.3, -0.25) is 4.79 Å². The number of allylic oxidation sites excluding steroid dienone is 5. The Kier molecular flexibility index (Phi) is 35.6. The first-order valence-corrected chi connectivity index (χ1v) is 26.2. The molecule has 0 bridgehead atoms. The number of aliphatic hydroxyl groups excluding tert-OH is 8. The van der Waals surface area contributed by atoms with Crippen LogP contribution >= 0.6 is 0 Å². The summed E-state index contributed by atoms with van der Waals surface area (Å²) in [5.74, 6) is -0.253. The van der Waals surface area contributed by atoms with Crippen molar-refractivity contribution in [3.05, 3.63) is 36.5 Å². The number of nitrogens with one attached hydrogen (secondary N) is 1. The van der Waals surface area contributed by atoms with E-state index in [2.05, 4.69) is 43.5 Å². The van der Waals surface area contributed by atoms with E-state index in [1.54, 1.807) is 6.08 Å². The minimum absolute atomic E-state index is 0.253. The van der Waals surface area contributed by atoms with Gasteiger partial charge in [0.15, 0.2) is 12.6 Å². The van der Waals surface area contributed by atoms with Crippen molar-refractivity contribution in [2.24, 2.45) is 0 Å². The van der Waals surface area contributed by atoms with Crippen LogP contribution in [0, 0.1) is 0 Å². The second kappa shape index (κ2) is 39.0. The molecular weight excluding hydrogens is 847 g/mol. The number of carbonyl (C=O) groups is 1. The van der Waals surface area contributed by atoms with Gasteiger partial charge in [0.25, 0.3) is 0 Å². The molecule has 2 saturated heterocycles. The highest BCUT2D eigenvalue weighted by Gasteiger charge is 2.51. The normalized spacial score (nSPS) is 27.1. The van der Waals surface area contributed by atoms with Gasteiger partial charge in [0.2, 0.25) is 5.91 Å². The van der Waals surface area contributed by atoms with Crippen LogP contribution in [-0.2, 0) is 23.7 Å². The zero-order valence-corrected chi connectivity index (χ0v) is 40.9. The fourth-order valence-corrected chi connectivity index (χ4v) is 8.50.